The van der Waals surface area contributed by atoms with Crippen molar-refractivity contribution >= 4 is 24.2 Å². The van der Waals surface area contributed by atoms with Crippen LogP contribution < -0.4 is 15.6 Å². The van der Waals surface area contributed by atoms with Crippen LogP contribution in [0.15, 0.2) is 24.5 Å². The molecule has 0 atom stereocenters. The number of nitrogens with one attached hydrogen (secondary N) is 1. The Balaban J connectivity index is 0.00000625. The van der Waals surface area contributed by atoms with E-state index in [1.807, 2.05) is 0 Å². The van der Waals surface area contributed by atoms with E-state index >= 15 is 0 Å². The maximum absolute atomic E-state index is 11.9. The van der Waals surface area contributed by atoms with Gasteiger partial charge >= 0.3 is 0 Å². The number of rotatable bonds is 14. The van der Waals surface area contributed by atoms with E-state index < -0.39 is 5.91 Å². The van der Waals surface area contributed by atoms with Gasteiger partial charge in [-0.15, -0.1) is 12.4 Å². The van der Waals surface area contributed by atoms with Gasteiger partial charge in [-0.2, -0.15) is 4.57 Å². The van der Waals surface area contributed by atoms with Crippen LogP contribution in [0.2, 0.25) is 0 Å². The van der Waals surface area contributed by atoms with Crippen LogP contribution in [0, 0.1) is 0 Å². The molecule has 1 aromatic rings. The lowest BCUT2D eigenvalue weighted by molar-refractivity contribution is -0.684. The summed E-state index contributed by atoms with van der Waals surface area (Å²) >= 11 is 0. The van der Waals surface area contributed by atoms with Gasteiger partial charge in [-0.3, -0.25) is 9.59 Å². The lowest BCUT2D eigenvalue weighted by Gasteiger charge is -2.04. The van der Waals surface area contributed by atoms with E-state index in [-0.39, 0.29) is 24.9 Å². The van der Waals surface area contributed by atoms with Gasteiger partial charge in [-0.1, -0.05) is 64.7 Å². The molecular weight excluding hydrogens is 350 g/mol. The van der Waals surface area contributed by atoms with E-state index in [1.165, 1.54) is 57.8 Å². The molecular formula is C20H35ClN3O2+. The molecule has 148 valence electrons. The standard InChI is InChI=1S/C20H33N3O2.ClH/c1-2-3-4-5-6-7-8-9-10-11-14-22-19(24)17-23-15-12-18(13-16-23)20(21)25;/h12-13,15-16H,2-11,14,17H2,1H3,(H2-,21,22,24,25);1H/p+1. The van der Waals surface area contributed by atoms with Gasteiger partial charge in [0.25, 0.3) is 5.91 Å². The zero-order valence-corrected chi connectivity index (χ0v) is 16.9. The lowest BCUT2D eigenvalue weighted by atomic mass is 10.1. The van der Waals surface area contributed by atoms with Crippen molar-refractivity contribution in [3.8, 4) is 0 Å². The number of primary amides is 1. The number of carbonyl (C=O) groups excluding carboxylic acids is 2. The minimum absolute atomic E-state index is 0. The molecule has 0 aliphatic rings. The Morgan fingerprint density at radius 2 is 1.42 bits per heavy atom. The fourth-order valence-electron chi connectivity index (χ4n) is 2.79. The maximum atomic E-state index is 11.9. The van der Waals surface area contributed by atoms with Crippen LogP contribution >= 0.6 is 12.4 Å². The molecule has 0 bridgehead atoms. The number of halogens is 1. The van der Waals surface area contributed by atoms with Crippen molar-refractivity contribution in [3.05, 3.63) is 30.1 Å². The largest absolute Gasteiger partial charge is 0.366 e. The number of hydrogen-bond acceptors (Lipinski definition) is 2. The summed E-state index contributed by atoms with van der Waals surface area (Å²) in [5.41, 5.74) is 5.64. The molecule has 0 aliphatic carbocycles. The second kappa shape index (κ2) is 15.6. The Hall–Kier alpha value is -1.62. The average Bonchev–Trinajstić information content (AvgIpc) is 2.60. The van der Waals surface area contributed by atoms with Gasteiger partial charge in [0.15, 0.2) is 12.4 Å². The molecule has 0 radical (unpaired) electrons. The molecule has 1 rings (SSSR count). The van der Waals surface area contributed by atoms with E-state index in [2.05, 4.69) is 12.2 Å². The normalized spacial score (nSPS) is 10.2. The van der Waals surface area contributed by atoms with Crippen LogP contribution in [0.25, 0.3) is 0 Å². The van der Waals surface area contributed by atoms with Crippen molar-refractivity contribution in [3.63, 3.8) is 0 Å². The summed E-state index contributed by atoms with van der Waals surface area (Å²) in [7, 11) is 0. The fourth-order valence-corrected chi connectivity index (χ4v) is 2.79. The van der Waals surface area contributed by atoms with Crippen LogP contribution in [-0.2, 0) is 11.3 Å². The number of nitrogens with two attached hydrogens (primary N) is 1. The molecule has 0 fully saturated rings. The summed E-state index contributed by atoms with van der Waals surface area (Å²) in [6.07, 6.45) is 16.3. The first-order chi connectivity index (χ1) is 12.1. The van der Waals surface area contributed by atoms with Gasteiger partial charge < -0.3 is 11.1 Å². The van der Waals surface area contributed by atoms with Crippen LogP contribution in [-0.4, -0.2) is 18.4 Å². The molecule has 1 heterocycles. The summed E-state index contributed by atoms with van der Waals surface area (Å²) in [4.78, 5) is 22.9. The van der Waals surface area contributed by atoms with Crippen LogP contribution in [0.1, 0.15) is 81.5 Å². The molecule has 5 nitrogen and oxygen atoms in total. The van der Waals surface area contributed by atoms with Crippen molar-refractivity contribution in [1.82, 2.24) is 5.32 Å². The van der Waals surface area contributed by atoms with E-state index in [4.69, 9.17) is 5.73 Å². The third kappa shape index (κ3) is 11.9. The fraction of sp³-hybridized carbons (Fsp3) is 0.650. The average molecular weight is 385 g/mol. The summed E-state index contributed by atoms with van der Waals surface area (Å²) in [6.45, 7) is 3.24. The molecule has 0 spiro atoms. The molecule has 0 aliphatic heterocycles. The minimum Gasteiger partial charge on any atom is -0.366 e. The monoisotopic (exact) mass is 384 g/mol. The number of amides is 2. The Bertz CT molecular complexity index is 506. The van der Waals surface area contributed by atoms with Gasteiger partial charge in [-0.25, -0.2) is 0 Å². The van der Waals surface area contributed by atoms with Crippen LogP contribution in [0.4, 0.5) is 0 Å². The SMILES string of the molecule is CCCCCCCCCCCCNC(=O)C[n+]1ccc(C(N)=O)cc1.Cl. The van der Waals surface area contributed by atoms with Crippen LogP contribution in [0.3, 0.4) is 0 Å². The van der Waals surface area contributed by atoms with E-state index in [0.29, 0.717) is 5.56 Å². The van der Waals surface area contributed by atoms with Gasteiger partial charge in [0.1, 0.15) is 0 Å². The zero-order chi connectivity index (χ0) is 18.3. The van der Waals surface area contributed by atoms with Gasteiger partial charge in [-0.05, 0) is 6.42 Å². The second-order valence-electron chi connectivity index (χ2n) is 6.66. The minimum atomic E-state index is -0.461. The van der Waals surface area contributed by atoms with Gasteiger partial charge in [0, 0.05) is 18.7 Å². The summed E-state index contributed by atoms with van der Waals surface area (Å²) in [5.74, 6) is -0.467. The number of unbranched alkanes of at least 4 members (excludes halogenated alkanes) is 9. The van der Waals surface area contributed by atoms with E-state index in [0.717, 1.165) is 13.0 Å². The Kier molecular flexibility index (Phi) is 14.6. The number of nitrogens with zero attached hydrogens (tertiary/aromatic N) is 1. The van der Waals surface area contributed by atoms with Crippen molar-refractivity contribution in [2.75, 3.05) is 6.54 Å². The van der Waals surface area contributed by atoms with Crippen molar-refractivity contribution in [2.24, 2.45) is 5.73 Å². The van der Waals surface area contributed by atoms with Gasteiger partial charge in [0.2, 0.25) is 12.5 Å². The Morgan fingerprint density at radius 3 is 1.92 bits per heavy atom. The summed E-state index contributed by atoms with van der Waals surface area (Å²) in [5, 5.41) is 2.94. The first kappa shape index (κ1) is 24.4. The summed E-state index contributed by atoms with van der Waals surface area (Å²) < 4.78 is 1.74. The highest BCUT2D eigenvalue weighted by atomic mass is 35.5. The molecule has 1 aromatic heterocycles. The molecule has 0 aromatic carbocycles. The quantitative estimate of drug-likeness (QED) is 0.380. The van der Waals surface area contributed by atoms with Crippen molar-refractivity contribution < 1.29 is 14.2 Å². The predicted molar refractivity (Wildman–Crippen MR) is 107 cm³/mol. The number of aromatic nitrogens is 1. The maximum Gasteiger partial charge on any atom is 0.285 e. The van der Waals surface area contributed by atoms with Crippen molar-refractivity contribution in [2.45, 2.75) is 77.7 Å². The second-order valence-corrected chi connectivity index (χ2v) is 6.66. The highest BCUT2D eigenvalue weighted by Gasteiger charge is 2.09. The smallest absolute Gasteiger partial charge is 0.285 e. The highest BCUT2D eigenvalue weighted by molar-refractivity contribution is 5.92. The number of hydrogen-bond donors (Lipinski definition) is 2. The topological polar surface area (TPSA) is 76.1 Å². The Labute approximate surface area is 164 Å². The third-order valence-electron chi connectivity index (χ3n) is 4.35. The summed E-state index contributed by atoms with van der Waals surface area (Å²) in [6, 6.07) is 3.25. The Morgan fingerprint density at radius 1 is 0.923 bits per heavy atom. The molecule has 0 saturated carbocycles. The first-order valence-electron chi connectivity index (χ1n) is 9.69. The first-order valence-corrected chi connectivity index (χ1v) is 9.69. The van der Waals surface area contributed by atoms with Crippen LogP contribution in [0.5, 0.6) is 0 Å². The molecule has 26 heavy (non-hydrogen) atoms. The van der Waals surface area contributed by atoms with Gasteiger partial charge in [0.05, 0.1) is 5.56 Å². The van der Waals surface area contributed by atoms with E-state index in [1.54, 1.807) is 29.1 Å². The number of pyridine rings is 1. The molecule has 6 heteroatoms. The molecule has 3 N–H and O–H groups in total. The molecule has 0 saturated heterocycles. The predicted octanol–water partition coefficient (Wildman–Crippen LogP) is 3.53. The highest BCUT2D eigenvalue weighted by Crippen LogP contribution is 2.10. The van der Waals surface area contributed by atoms with E-state index in [9.17, 15) is 9.59 Å². The zero-order valence-electron chi connectivity index (χ0n) is 16.0. The number of carbonyl (C=O) groups is 2. The van der Waals surface area contributed by atoms with Crippen molar-refractivity contribution in [1.29, 1.82) is 0 Å². The third-order valence-corrected chi connectivity index (χ3v) is 4.35. The molecule has 2 amide bonds. The molecule has 0 unspecified atom stereocenters. The lowest BCUT2D eigenvalue weighted by Crippen LogP contribution is -2.42.